The fraction of sp³-hybridized carbons (Fsp3) is 0.278. The molecule has 0 aromatic heterocycles. The number of hydrogen-bond acceptors (Lipinski definition) is 4. The van der Waals surface area contributed by atoms with E-state index in [0.717, 1.165) is 0 Å². The Morgan fingerprint density at radius 2 is 1.64 bits per heavy atom. The number of rotatable bonds is 7. The largest absolute Gasteiger partial charge is 0.497 e. The van der Waals surface area contributed by atoms with E-state index in [1.165, 1.54) is 7.11 Å². The van der Waals surface area contributed by atoms with Crippen LogP contribution in [0.1, 0.15) is 22.8 Å². The summed E-state index contributed by atoms with van der Waals surface area (Å²) in [5, 5.41) is 0. The molecule has 2 rings (SSSR count). The van der Waals surface area contributed by atoms with Crippen LogP contribution in [0.25, 0.3) is 0 Å². The maximum Gasteiger partial charge on any atom is 0.261 e. The molecule has 1 atom stereocenters. The molecular formula is C18H20O4. The van der Waals surface area contributed by atoms with E-state index in [4.69, 9.17) is 14.2 Å². The zero-order valence-corrected chi connectivity index (χ0v) is 13.0. The minimum atomic E-state index is -1.44. The van der Waals surface area contributed by atoms with Crippen LogP contribution in [0.2, 0.25) is 0 Å². The Hall–Kier alpha value is -2.17. The van der Waals surface area contributed by atoms with Gasteiger partial charge in [0.05, 0.1) is 7.11 Å². The van der Waals surface area contributed by atoms with Crippen LogP contribution in [0.4, 0.5) is 0 Å². The van der Waals surface area contributed by atoms with Crippen molar-refractivity contribution in [2.45, 2.75) is 12.7 Å². The summed E-state index contributed by atoms with van der Waals surface area (Å²) >= 11 is 0. The normalized spacial score (nSPS) is 13.4. The van der Waals surface area contributed by atoms with Crippen molar-refractivity contribution in [2.24, 2.45) is 0 Å². The molecule has 2 aromatic carbocycles. The van der Waals surface area contributed by atoms with Crippen molar-refractivity contribution < 1.29 is 19.0 Å². The van der Waals surface area contributed by atoms with E-state index in [1.54, 1.807) is 31.4 Å². The summed E-state index contributed by atoms with van der Waals surface area (Å²) in [6, 6.07) is 16.1. The van der Waals surface area contributed by atoms with Crippen LogP contribution in [0.5, 0.6) is 5.75 Å². The summed E-state index contributed by atoms with van der Waals surface area (Å²) in [6.07, 6.45) is 0. The Kier molecular flexibility index (Phi) is 5.31. The molecule has 0 fully saturated rings. The van der Waals surface area contributed by atoms with E-state index in [0.29, 0.717) is 23.5 Å². The predicted molar refractivity (Wildman–Crippen MR) is 84.1 cm³/mol. The molecule has 0 bridgehead atoms. The quantitative estimate of drug-likeness (QED) is 0.580. The lowest BCUT2D eigenvalue weighted by Crippen LogP contribution is -2.41. The van der Waals surface area contributed by atoms with Crippen LogP contribution in [0.15, 0.2) is 54.6 Å². The zero-order valence-electron chi connectivity index (χ0n) is 13.0. The molecule has 22 heavy (non-hydrogen) atoms. The number of hydrogen-bond donors (Lipinski definition) is 0. The molecule has 2 aromatic rings. The van der Waals surface area contributed by atoms with Crippen LogP contribution in [-0.2, 0) is 15.3 Å². The summed E-state index contributed by atoms with van der Waals surface area (Å²) in [5.41, 5.74) is 1.17. The van der Waals surface area contributed by atoms with Crippen molar-refractivity contribution in [3.05, 3.63) is 65.7 Å². The van der Waals surface area contributed by atoms with Gasteiger partial charge < -0.3 is 14.2 Å². The van der Waals surface area contributed by atoms with Crippen molar-refractivity contribution in [1.29, 1.82) is 0 Å². The van der Waals surface area contributed by atoms with Crippen molar-refractivity contribution in [3.8, 4) is 5.75 Å². The van der Waals surface area contributed by atoms with Gasteiger partial charge >= 0.3 is 0 Å². The van der Waals surface area contributed by atoms with Gasteiger partial charge in [0.1, 0.15) is 5.75 Å². The van der Waals surface area contributed by atoms with Gasteiger partial charge in [0.25, 0.3) is 5.79 Å². The van der Waals surface area contributed by atoms with Gasteiger partial charge in [-0.15, -0.1) is 0 Å². The Balaban J connectivity index is 2.46. The van der Waals surface area contributed by atoms with E-state index in [1.807, 2.05) is 37.3 Å². The second kappa shape index (κ2) is 7.20. The van der Waals surface area contributed by atoms with Gasteiger partial charge in [-0.25, -0.2) is 0 Å². The highest BCUT2D eigenvalue weighted by Gasteiger charge is 2.42. The Morgan fingerprint density at radius 3 is 2.14 bits per heavy atom. The summed E-state index contributed by atoms with van der Waals surface area (Å²) in [7, 11) is 3.06. The van der Waals surface area contributed by atoms with Gasteiger partial charge in [-0.3, -0.25) is 4.79 Å². The third-order valence-corrected chi connectivity index (χ3v) is 3.44. The van der Waals surface area contributed by atoms with Crippen LogP contribution in [0.3, 0.4) is 0 Å². The Morgan fingerprint density at radius 1 is 1.00 bits per heavy atom. The third-order valence-electron chi connectivity index (χ3n) is 3.44. The Labute approximate surface area is 130 Å². The number of Topliss-reactive ketones (excluding diaryl/α,β-unsaturated/α-hetero) is 1. The highest BCUT2D eigenvalue weighted by Crippen LogP contribution is 2.31. The van der Waals surface area contributed by atoms with Crippen LogP contribution in [-0.4, -0.2) is 26.6 Å². The molecule has 0 saturated heterocycles. The van der Waals surface area contributed by atoms with E-state index in [-0.39, 0.29) is 5.78 Å². The molecule has 1 unspecified atom stereocenters. The predicted octanol–water partition coefficient (Wildman–Crippen LogP) is 3.41. The van der Waals surface area contributed by atoms with Gasteiger partial charge in [0.2, 0.25) is 5.78 Å². The van der Waals surface area contributed by atoms with Gasteiger partial charge in [0, 0.05) is 24.8 Å². The fourth-order valence-electron chi connectivity index (χ4n) is 2.34. The number of carbonyl (C=O) groups is 1. The molecule has 0 amide bonds. The third kappa shape index (κ3) is 3.03. The van der Waals surface area contributed by atoms with E-state index in [2.05, 4.69) is 0 Å². The number of methoxy groups -OCH3 is 2. The second-order valence-corrected chi connectivity index (χ2v) is 4.68. The first-order valence-corrected chi connectivity index (χ1v) is 7.11. The zero-order chi connectivity index (χ0) is 16.0. The topological polar surface area (TPSA) is 44.8 Å². The van der Waals surface area contributed by atoms with Crippen molar-refractivity contribution in [3.63, 3.8) is 0 Å². The van der Waals surface area contributed by atoms with Gasteiger partial charge in [-0.1, -0.05) is 30.3 Å². The molecule has 0 radical (unpaired) electrons. The summed E-state index contributed by atoms with van der Waals surface area (Å²) in [6.45, 7) is 2.18. The minimum Gasteiger partial charge on any atom is -0.497 e. The molecule has 116 valence electrons. The molecule has 0 aliphatic carbocycles. The van der Waals surface area contributed by atoms with Gasteiger partial charge in [-0.05, 0) is 31.2 Å². The van der Waals surface area contributed by atoms with Crippen molar-refractivity contribution in [1.82, 2.24) is 0 Å². The molecule has 0 aliphatic rings. The van der Waals surface area contributed by atoms with E-state index < -0.39 is 5.79 Å². The Bertz CT molecular complexity index is 607. The smallest absolute Gasteiger partial charge is 0.261 e. The lowest BCUT2D eigenvalue weighted by Gasteiger charge is -2.31. The van der Waals surface area contributed by atoms with Crippen LogP contribution < -0.4 is 4.74 Å². The van der Waals surface area contributed by atoms with Crippen LogP contribution >= 0.6 is 0 Å². The number of benzene rings is 2. The standard InChI is InChI=1S/C18H20O4/c1-4-22-18(21-3,15-8-6-5-7-9-15)17(19)14-10-12-16(20-2)13-11-14/h5-13H,4H2,1-3H3. The van der Waals surface area contributed by atoms with Crippen molar-refractivity contribution >= 4 is 5.78 Å². The average Bonchev–Trinajstić information content (AvgIpc) is 2.60. The fourth-order valence-corrected chi connectivity index (χ4v) is 2.34. The summed E-state index contributed by atoms with van der Waals surface area (Å²) in [5.74, 6) is -0.994. The first kappa shape index (κ1) is 16.2. The maximum absolute atomic E-state index is 13.0. The van der Waals surface area contributed by atoms with E-state index in [9.17, 15) is 4.79 Å². The van der Waals surface area contributed by atoms with Gasteiger partial charge in [-0.2, -0.15) is 0 Å². The first-order valence-electron chi connectivity index (χ1n) is 7.11. The number of carbonyl (C=O) groups excluding carboxylic acids is 1. The summed E-state index contributed by atoms with van der Waals surface area (Å²) < 4.78 is 16.4. The number of ether oxygens (including phenoxy) is 3. The maximum atomic E-state index is 13.0. The average molecular weight is 300 g/mol. The molecule has 0 spiro atoms. The SMILES string of the molecule is CCOC(OC)(C(=O)c1ccc(OC)cc1)c1ccccc1. The highest BCUT2D eigenvalue weighted by molar-refractivity contribution is 6.02. The molecule has 0 heterocycles. The van der Waals surface area contributed by atoms with E-state index >= 15 is 0 Å². The molecule has 4 nitrogen and oxygen atoms in total. The minimum absolute atomic E-state index is 0.245. The summed E-state index contributed by atoms with van der Waals surface area (Å²) in [4.78, 5) is 13.0. The second-order valence-electron chi connectivity index (χ2n) is 4.68. The molecule has 0 saturated carbocycles. The molecule has 0 N–H and O–H groups in total. The van der Waals surface area contributed by atoms with Crippen molar-refractivity contribution in [2.75, 3.05) is 20.8 Å². The lowest BCUT2D eigenvalue weighted by atomic mass is 9.95. The first-order chi connectivity index (χ1) is 10.7. The highest BCUT2D eigenvalue weighted by atomic mass is 16.7. The molecular weight excluding hydrogens is 280 g/mol. The molecule has 4 heteroatoms. The molecule has 0 aliphatic heterocycles. The monoisotopic (exact) mass is 300 g/mol. The van der Waals surface area contributed by atoms with Crippen LogP contribution in [0, 0.1) is 0 Å². The lowest BCUT2D eigenvalue weighted by molar-refractivity contribution is -0.191. The number of ketones is 1. The van der Waals surface area contributed by atoms with Gasteiger partial charge in [0.15, 0.2) is 0 Å².